The van der Waals surface area contributed by atoms with Crippen LogP contribution in [0.2, 0.25) is 0 Å². The first-order valence-corrected chi connectivity index (χ1v) is 10.7. The molecule has 1 aromatic heterocycles. The van der Waals surface area contributed by atoms with E-state index >= 15 is 0 Å². The number of nitrogens with one attached hydrogen (secondary N) is 1. The average Bonchev–Trinajstić information content (AvgIpc) is 3.34. The molecule has 158 valence electrons. The van der Waals surface area contributed by atoms with Gasteiger partial charge in [-0.15, -0.1) is 6.42 Å². The second-order valence-electron chi connectivity index (χ2n) is 8.02. The van der Waals surface area contributed by atoms with E-state index in [1.807, 2.05) is 48.9 Å². The number of para-hydroxylation sites is 1. The number of hydrogen-bond acceptors (Lipinski definition) is 3. The van der Waals surface area contributed by atoms with Crippen LogP contribution in [0.3, 0.4) is 0 Å². The third-order valence-electron chi connectivity index (χ3n) is 6.02. The average molecular weight is 413 g/mol. The van der Waals surface area contributed by atoms with Crippen LogP contribution >= 0.6 is 0 Å². The summed E-state index contributed by atoms with van der Waals surface area (Å²) in [5.74, 6) is 2.75. The summed E-state index contributed by atoms with van der Waals surface area (Å²) in [6.07, 6.45) is 8.13. The molecule has 5 heteroatoms. The molecule has 1 atom stereocenters. The van der Waals surface area contributed by atoms with Crippen molar-refractivity contribution in [2.75, 3.05) is 18.4 Å². The third kappa shape index (κ3) is 4.40. The Morgan fingerprint density at radius 1 is 1.19 bits per heavy atom. The molecule has 0 radical (unpaired) electrons. The molecular formula is C26H28N4O. The Morgan fingerprint density at radius 2 is 1.94 bits per heavy atom. The van der Waals surface area contributed by atoms with Crippen molar-refractivity contribution in [2.45, 2.75) is 39.2 Å². The van der Waals surface area contributed by atoms with E-state index in [0.717, 1.165) is 35.6 Å². The van der Waals surface area contributed by atoms with Gasteiger partial charge in [-0.1, -0.05) is 48.4 Å². The van der Waals surface area contributed by atoms with Crippen molar-refractivity contribution in [2.24, 2.45) is 0 Å². The van der Waals surface area contributed by atoms with Crippen molar-refractivity contribution in [3.8, 4) is 18.0 Å². The van der Waals surface area contributed by atoms with Gasteiger partial charge in [0.2, 0.25) is 5.91 Å². The number of hydrogen-bond donors (Lipinski definition) is 1. The Bertz CT molecular complexity index is 1110. The summed E-state index contributed by atoms with van der Waals surface area (Å²) in [6.45, 7) is 5.06. The minimum atomic E-state index is -0.0212. The zero-order chi connectivity index (χ0) is 21.8. The molecule has 1 heterocycles. The van der Waals surface area contributed by atoms with E-state index in [2.05, 4.69) is 45.5 Å². The van der Waals surface area contributed by atoms with Crippen LogP contribution in [0.15, 0.2) is 54.6 Å². The molecule has 4 rings (SSSR count). The van der Waals surface area contributed by atoms with E-state index < -0.39 is 0 Å². The summed E-state index contributed by atoms with van der Waals surface area (Å²) in [5.41, 5.74) is 6.21. The lowest BCUT2D eigenvalue weighted by Crippen LogP contribution is -2.31. The van der Waals surface area contributed by atoms with Crippen LogP contribution < -0.4 is 5.32 Å². The fraction of sp³-hybridized carbons (Fsp3) is 0.308. The van der Waals surface area contributed by atoms with Gasteiger partial charge >= 0.3 is 0 Å². The minimum Gasteiger partial charge on any atom is -0.323 e. The number of aromatic nitrogens is 2. The number of amides is 1. The summed E-state index contributed by atoms with van der Waals surface area (Å²) in [4.78, 5) is 15.1. The summed E-state index contributed by atoms with van der Waals surface area (Å²) in [5, 5.41) is 7.69. The zero-order valence-electron chi connectivity index (χ0n) is 18.1. The first-order valence-electron chi connectivity index (χ1n) is 10.7. The van der Waals surface area contributed by atoms with E-state index in [1.54, 1.807) is 0 Å². The van der Waals surface area contributed by atoms with Crippen LogP contribution in [0.4, 0.5) is 5.69 Å². The fourth-order valence-corrected chi connectivity index (χ4v) is 4.47. The van der Waals surface area contributed by atoms with Gasteiger partial charge in [-0.2, -0.15) is 5.10 Å². The molecule has 0 spiro atoms. The number of rotatable bonds is 7. The molecule has 1 N–H and O–H groups in total. The van der Waals surface area contributed by atoms with Crippen molar-refractivity contribution in [1.29, 1.82) is 0 Å². The smallest absolute Gasteiger partial charge is 0.225 e. The zero-order valence-corrected chi connectivity index (χ0v) is 18.1. The first kappa shape index (κ1) is 20.9. The summed E-state index contributed by atoms with van der Waals surface area (Å²) < 4.78 is 1.87. The Morgan fingerprint density at radius 3 is 2.71 bits per heavy atom. The van der Waals surface area contributed by atoms with Crippen LogP contribution in [-0.2, 0) is 11.2 Å². The number of aryl methyl sites for hydroxylation is 2. The molecule has 1 aliphatic carbocycles. The van der Waals surface area contributed by atoms with Gasteiger partial charge in [0.25, 0.3) is 0 Å². The van der Waals surface area contributed by atoms with Crippen molar-refractivity contribution in [1.82, 2.24) is 14.7 Å². The molecule has 5 nitrogen and oxygen atoms in total. The highest BCUT2D eigenvalue weighted by molar-refractivity contribution is 5.92. The molecular weight excluding hydrogens is 384 g/mol. The molecule has 1 unspecified atom stereocenters. The van der Waals surface area contributed by atoms with Crippen molar-refractivity contribution >= 4 is 11.6 Å². The molecule has 0 bridgehead atoms. The maximum Gasteiger partial charge on any atom is 0.225 e. The molecule has 31 heavy (non-hydrogen) atoms. The Balaban J connectivity index is 1.43. The second kappa shape index (κ2) is 9.20. The highest BCUT2D eigenvalue weighted by atomic mass is 16.1. The Kier molecular flexibility index (Phi) is 6.20. The van der Waals surface area contributed by atoms with Gasteiger partial charge in [0.05, 0.1) is 29.3 Å². The number of fused-ring (bicyclic) bond motifs is 1. The van der Waals surface area contributed by atoms with E-state index in [1.165, 1.54) is 11.1 Å². The van der Waals surface area contributed by atoms with Gasteiger partial charge in [0, 0.05) is 19.0 Å². The van der Waals surface area contributed by atoms with Gasteiger partial charge in [-0.05, 0) is 49.9 Å². The van der Waals surface area contributed by atoms with Gasteiger partial charge in [-0.3, -0.25) is 9.69 Å². The maximum absolute atomic E-state index is 12.8. The maximum atomic E-state index is 12.8. The predicted molar refractivity (Wildman–Crippen MR) is 124 cm³/mol. The lowest BCUT2D eigenvalue weighted by atomic mass is 10.1. The molecule has 0 saturated heterocycles. The Hall–Kier alpha value is -3.36. The SMILES string of the molecule is C#CCN(CCC(=O)Nc1c(C)nn(-c2ccccc2)c1C)C1CCc2ccccc21. The molecule has 3 aromatic rings. The minimum absolute atomic E-state index is 0.0212. The van der Waals surface area contributed by atoms with Crippen LogP contribution in [0.25, 0.3) is 5.69 Å². The van der Waals surface area contributed by atoms with Crippen LogP contribution in [0, 0.1) is 26.2 Å². The number of nitrogens with zero attached hydrogens (tertiary/aromatic N) is 3. The monoisotopic (exact) mass is 412 g/mol. The molecule has 0 saturated carbocycles. The number of carbonyl (C=O) groups is 1. The lowest BCUT2D eigenvalue weighted by molar-refractivity contribution is -0.116. The molecule has 2 aromatic carbocycles. The Labute approximate surface area is 184 Å². The predicted octanol–water partition coefficient (Wildman–Crippen LogP) is 4.44. The first-order chi connectivity index (χ1) is 15.1. The number of carbonyl (C=O) groups excluding carboxylic acids is 1. The van der Waals surface area contributed by atoms with Crippen LogP contribution in [-0.4, -0.2) is 33.7 Å². The third-order valence-corrected chi connectivity index (χ3v) is 6.02. The van der Waals surface area contributed by atoms with Crippen LogP contribution in [0.1, 0.15) is 41.4 Å². The fourth-order valence-electron chi connectivity index (χ4n) is 4.47. The molecule has 1 aliphatic rings. The standard InChI is InChI=1S/C26H28N4O/c1-4-17-29(24-15-14-21-10-8-9-13-23(21)24)18-16-25(31)27-26-19(2)28-30(20(26)3)22-11-6-5-7-12-22/h1,5-13,24H,14-18H2,2-3H3,(H,27,31). The lowest BCUT2D eigenvalue weighted by Gasteiger charge is -2.27. The number of anilines is 1. The number of terminal acetylenes is 1. The summed E-state index contributed by atoms with van der Waals surface area (Å²) >= 11 is 0. The second-order valence-corrected chi connectivity index (χ2v) is 8.02. The van der Waals surface area contributed by atoms with Gasteiger partial charge in [0.15, 0.2) is 0 Å². The van der Waals surface area contributed by atoms with E-state index in [0.29, 0.717) is 19.5 Å². The normalized spacial score (nSPS) is 15.0. The molecule has 0 fully saturated rings. The van der Waals surface area contributed by atoms with Crippen molar-refractivity contribution < 1.29 is 4.79 Å². The topological polar surface area (TPSA) is 50.2 Å². The molecule has 1 amide bonds. The summed E-state index contributed by atoms with van der Waals surface area (Å²) in [6, 6.07) is 18.7. The van der Waals surface area contributed by atoms with E-state index in [-0.39, 0.29) is 11.9 Å². The van der Waals surface area contributed by atoms with E-state index in [4.69, 9.17) is 6.42 Å². The van der Waals surface area contributed by atoms with Crippen molar-refractivity contribution in [3.63, 3.8) is 0 Å². The number of benzene rings is 2. The highest BCUT2D eigenvalue weighted by Gasteiger charge is 2.27. The van der Waals surface area contributed by atoms with E-state index in [9.17, 15) is 4.79 Å². The van der Waals surface area contributed by atoms with Gasteiger partial charge in [0.1, 0.15) is 0 Å². The van der Waals surface area contributed by atoms with Gasteiger partial charge in [-0.25, -0.2) is 4.68 Å². The van der Waals surface area contributed by atoms with Crippen molar-refractivity contribution in [3.05, 3.63) is 77.1 Å². The highest BCUT2D eigenvalue weighted by Crippen LogP contribution is 2.35. The quantitative estimate of drug-likeness (QED) is 0.584. The summed E-state index contributed by atoms with van der Waals surface area (Å²) in [7, 11) is 0. The van der Waals surface area contributed by atoms with Crippen LogP contribution in [0.5, 0.6) is 0 Å². The largest absolute Gasteiger partial charge is 0.323 e. The van der Waals surface area contributed by atoms with Gasteiger partial charge < -0.3 is 5.32 Å². The molecule has 0 aliphatic heterocycles.